The van der Waals surface area contributed by atoms with Crippen LogP contribution >= 0.6 is 0 Å². The van der Waals surface area contributed by atoms with E-state index in [9.17, 15) is 4.79 Å². The summed E-state index contributed by atoms with van der Waals surface area (Å²) in [5.74, 6) is 0.524. The molecule has 2 heterocycles. The molecule has 0 aromatic carbocycles. The van der Waals surface area contributed by atoms with Crippen molar-refractivity contribution in [2.24, 2.45) is 5.92 Å². The lowest BCUT2D eigenvalue weighted by atomic mass is 10.2. The molecule has 0 aliphatic rings. The van der Waals surface area contributed by atoms with Gasteiger partial charge in [0.1, 0.15) is 6.26 Å². The fourth-order valence-electron chi connectivity index (χ4n) is 1.69. The first kappa shape index (κ1) is 15.9. The quantitative estimate of drug-likeness (QED) is 0.758. The Morgan fingerprint density at radius 1 is 1.32 bits per heavy atom. The molecule has 0 fully saturated rings. The van der Waals surface area contributed by atoms with Gasteiger partial charge in [0, 0.05) is 0 Å². The van der Waals surface area contributed by atoms with Crippen LogP contribution in [0.1, 0.15) is 48.9 Å². The van der Waals surface area contributed by atoms with Crippen molar-refractivity contribution in [2.75, 3.05) is 6.61 Å². The average Bonchev–Trinajstić information content (AvgIpc) is 2.99. The molecule has 22 heavy (non-hydrogen) atoms. The van der Waals surface area contributed by atoms with Crippen LogP contribution < -0.4 is 4.74 Å². The number of nitrogens with zero attached hydrogens (tertiary/aromatic N) is 3. The second-order valence-corrected chi connectivity index (χ2v) is 5.26. The summed E-state index contributed by atoms with van der Waals surface area (Å²) in [7, 11) is 0. The summed E-state index contributed by atoms with van der Waals surface area (Å²) in [4.78, 5) is 24.2. The second-order valence-electron chi connectivity index (χ2n) is 5.26. The Morgan fingerprint density at radius 3 is 2.68 bits per heavy atom. The monoisotopic (exact) mass is 305 g/mol. The zero-order chi connectivity index (χ0) is 16.1. The highest BCUT2D eigenvalue weighted by molar-refractivity contribution is 5.88. The molecule has 1 atom stereocenters. The highest BCUT2D eigenvalue weighted by Crippen LogP contribution is 2.19. The van der Waals surface area contributed by atoms with Gasteiger partial charge in [-0.3, -0.25) is 0 Å². The van der Waals surface area contributed by atoms with Crippen molar-refractivity contribution in [2.45, 2.75) is 33.8 Å². The highest BCUT2D eigenvalue weighted by Gasteiger charge is 2.17. The van der Waals surface area contributed by atoms with E-state index in [1.165, 1.54) is 12.5 Å². The third-order valence-electron chi connectivity index (χ3n) is 2.76. The van der Waals surface area contributed by atoms with E-state index < -0.39 is 12.1 Å². The van der Waals surface area contributed by atoms with E-state index in [-0.39, 0.29) is 11.6 Å². The maximum absolute atomic E-state index is 11.9. The summed E-state index contributed by atoms with van der Waals surface area (Å²) in [6.07, 6.45) is 4.00. The van der Waals surface area contributed by atoms with Gasteiger partial charge in [0.2, 0.25) is 11.8 Å². The summed E-state index contributed by atoms with van der Waals surface area (Å²) >= 11 is 0. The molecule has 118 valence electrons. The Bertz CT molecular complexity index is 626. The Morgan fingerprint density at radius 2 is 2.09 bits per heavy atom. The SMILES string of the molecule is Cc1nc(O[C@H](C)c2ncco2)cnc1C(=O)OCC(C)C. The summed E-state index contributed by atoms with van der Waals surface area (Å²) in [5.41, 5.74) is 0.641. The van der Waals surface area contributed by atoms with Gasteiger partial charge in [0.05, 0.1) is 24.7 Å². The van der Waals surface area contributed by atoms with Gasteiger partial charge < -0.3 is 13.9 Å². The zero-order valence-corrected chi connectivity index (χ0v) is 13.1. The molecular weight excluding hydrogens is 286 g/mol. The first-order valence-electron chi connectivity index (χ1n) is 7.04. The van der Waals surface area contributed by atoms with Crippen LogP contribution in [0.25, 0.3) is 0 Å². The topological polar surface area (TPSA) is 87.3 Å². The predicted molar refractivity (Wildman–Crippen MR) is 77.4 cm³/mol. The van der Waals surface area contributed by atoms with Crippen LogP contribution in [-0.2, 0) is 4.74 Å². The van der Waals surface area contributed by atoms with E-state index in [0.29, 0.717) is 24.1 Å². The molecule has 0 spiro atoms. The zero-order valence-electron chi connectivity index (χ0n) is 13.1. The molecule has 0 saturated carbocycles. The second kappa shape index (κ2) is 7.02. The first-order valence-corrected chi connectivity index (χ1v) is 7.04. The number of hydrogen-bond donors (Lipinski definition) is 0. The molecule has 0 aliphatic heterocycles. The first-order chi connectivity index (χ1) is 10.5. The minimum Gasteiger partial charge on any atom is -0.464 e. The molecule has 7 nitrogen and oxygen atoms in total. The number of carbonyl (C=O) groups excluding carboxylic acids is 1. The summed E-state index contributed by atoms with van der Waals surface area (Å²) in [6.45, 7) is 7.74. The van der Waals surface area contributed by atoms with E-state index in [1.807, 2.05) is 13.8 Å². The van der Waals surface area contributed by atoms with Crippen LogP contribution in [0.15, 0.2) is 23.1 Å². The summed E-state index contributed by atoms with van der Waals surface area (Å²) in [5, 5.41) is 0. The molecule has 0 radical (unpaired) electrons. The molecule has 2 rings (SSSR count). The summed E-state index contributed by atoms with van der Waals surface area (Å²) < 4.78 is 15.9. The van der Waals surface area contributed by atoms with Gasteiger partial charge in [0.15, 0.2) is 11.8 Å². The Balaban J connectivity index is 2.04. The molecule has 0 amide bonds. The molecule has 0 unspecified atom stereocenters. The fraction of sp³-hybridized carbons (Fsp3) is 0.467. The molecule has 7 heteroatoms. The smallest absolute Gasteiger partial charge is 0.358 e. The van der Waals surface area contributed by atoms with E-state index in [2.05, 4.69) is 15.0 Å². The van der Waals surface area contributed by atoms with Crippen LogP contribution in [0.4, 0.5) is 0 Å². The number of rotatable bonds is 6. The van der Waals surface area contributed by atoms with Gasteiger partial charge in [-0.2, -0.15) is 0 Å². The largest absolute Gasteiger partial charge is 0.464 e. The molecule has 0 aliphatic carbocycles. The lowest BCUT2D eigenvalue weighted by molar-refractivity contribution is 0.0450. The molecule has 0 bridgehead atoms. The van der Waals surface area contributed by atoms with Crippen molar-refractivity contribution >= 4 is 5.97 Å². The highest BCUT2D eigenvalue weighted by atomic mass is 16.5. The van der Waals surface area contributed by atoms with Crippen LogP contribution in [-0.4, -0.2) is 27.5 Å². The molecule has 2 aromatic heterocycles. The summed E-state index contributed by atoms with van der Waals surface area (Å²) in [6, 6.07) is 0. The van der Waals surface area contributed by atoms with Gasteiger partial charge in [-0.25, -0.2) is 19.7 Å². The molecule has 0 N–H and O–H groups in total. The predicted octanol–water partition coefficient (Wildman–Crippen LogP) is 2.73. The fourth-order valence-corrected chi connectivity index (χ4v) is 1.69. The Hall–Kier alpha value is -2.44. The number of oxazole rings is 1. The normalized spacial score (nSPS) is 12.2. The van der Waals surface area contributed by atoms with Gasteiger partial charge in [0.25, 0.3) is 0 Å². The Labute approximate surface area is 128 Å². The van der Waals surface area contributed by atoms with Crippen LogP contribution in [0, 0.1) is 12.8 Å². The number of ether oxygens (including phenoxy) is 2. The van der Waals surface area contributed by atoms with E-state index in [0.717, 1.165) is 0 Å². The van der Waals surface area contributed by atoms with Gasteiger partial charge in [-0.15, -0.1) is 0 Å². The molecule has 2 aromatic rings. The number of aryl methyl sites for hydroxylation is 1. The average molecular weight is 305 g/mol. The van der Waals surface area contributed by atoms with Crippen molar-refractivity contribution in [3.63, 3.8) is 0 Å². The van der Waals surface area contributed by atoms with Crippen molar-refractivity contribution in [1.82, 2.24) is 15.0 Å². The van der Waals surface area contributed by atoms with Crippen molar-refractivity contribution in [1.29, 1.82) is 0 Å². The standard InChI is InChI=1S/C15H19N3O4/c1-9(2)8-21-15(19)13-10(3)18-12(7-17-13)22-11(4)14-16-5-6-20-14/h5-7,9,11H,8H2,1-4H3/t11-/m1/s1. The number of aromatic nitrogens is 3. The van der Waals surface area contributed by atoms with E-state index >= 15 is 0 Å². The number of hydrogen-bond acceptors (Lipinski definition) is 7. The molecular formula is C15H19N3O4. The number of esters is 1. The van der Waals surface area contributed by atoms with Crippen molar-refractivity contribution in [3.05, 3.63) is 35.9 Å². The maximum Gasteiger partial charge on any atom is 0.358 e. The van der Waals surface area contributed by atoms with E-state index in [4.69, 9.17) is 13.9 Å². The van der Waals surface area contributed by atoms with Gasteiger partial charge in [-0.1, -0.05) is 13.8 Å². The van der Waals surface area contributed by atoms with E-state index in [1.54, 1.807) is 20.0 Å². The minimum absolute atomic E-state index is 0.191. The molecule has 0 saturated heterocycles. The lowest BCUT2D eigenvalue weighted by Gasteiger charge is -2.12. The lowest BCUT2D eigenvalue weighted by Crippen LogP contribution is -2.14. The number of carbonyl (C=O) groups is 1. The third kappa shape index (κ3) is 4.03. The third-order valence-corrected chi connectivity index (χ3v) is 2.76. The van der Waals surface area contributed by atoms with Gasteiger partial charge >= 0.3 is 5.97 Å². The van der Waals surface area contributed by atoms with Gasteiger partial charge in [-0.05, 0) is 19.8 Å². The van der Waals surface area contributed by atoms with Crippen molar-refractivity contribution in [3.8, 4) is 5.88 Å². The van der Waals surface area contributed by atoms with Crippen LogP contribution in [0.5, 0.6) is 5.88 Å². The van der Waals surface area contributed by atoms with Crippen LogP contribution in [0.3, 0.4) is 0 Å². The minimum atomic E-state index is -0.481. The Kier molecular flexibility index (Phi) is 5.08. The maximum atomic E-state index is 11.9. The van der Waals surface area contributed by atoms with Crippen molar-refractivity contribution < 1.29 is 18.7 Å². The van der Waals surface area contributed by atoms with Crippen LogP contribution in [0.2, 0.25) is 0 Å².